The topological polar surface area (TPSA) is 33.0 Å². The number of rotatable bonds is 1. The summed E-state index contributed by atoms with van der Waals surface area (Å²) in [6.07, 6.45) is -3.65. The molecule has 2 nitrogen and oxygen atoms in total. The maximum atomic E-state index is 12.5. The maximum absolute atomic E-state index is 12.5. The molecule has 14 heavy (non-hydrogen) atoms. The van der Waals surface area contributed by atoms with Crippen LogP contribution < -0.4 is 4.74 Å². The molecule has 0 N–H and O–H groups in total. The smallest absolute Gasteiger partial charge is 0.387 e. The van der Waals surface area contributed by atoms with Crippen LogP contribution in [0.2, 0.25) is 0 Å². The monoisotopic (exact) mass is 205 g/mol. The van der Waals surface area contributed by atoms with Crippen molar-refractivity contribution in [1.29, 1.82) is 5.26 Å². The third kappa shape index (κ3) is 2.13. The summed E-state index contributed by atoms with van der Waals surface area (Å²) in [5.41, 5.74) is -1.31. The molecule has 74 valence electrons. The summed E-state index contributed by atoms with van der Waals surface area (Å²) in [5.74, 6) is -1.75. The Kier molecular flexibility index (Phi) is 2.60. The summed E-state index contributed by atoms with van der Waals surface area (Å²) in [7, 11) is 0. The molecule has 0 heterocycles. The molecule has 1 aromatic carbocycles. The molecule has 0 atom stereocenters. The van der Waals surface area contributed by atoms with Gasteiger partial charge in [0.25, 0.3) is 6.26 Å². The van der Waals surface area contributed by atoms with E-state index in [0.717, 1.165) is 18.4 Å². The molecule has 0 spiro atoms. The number of hydrogen-bond acceptors (Lipinski definition) is 2. The molecule has 0 unspecified atom stereocenters. The van der Waals surface area contributed by atoms with E-state index < -0.39 is 23.3 Å². The van der Waals surface area contributed by atoms with Crippen molar-refractivity contribution in [3.8, 4) is 12.0 Å². The second kappa shape index (κ2) is 3.54. The van der Waals surface area contributed by atoms with Crippen molar-refractivity contribution >= 4 is 0 Å². The van der Waals surface area contributed by atoms with Crippen LogP contribution in [-0.2, 0) is 6.18 Å². The normalized spacial score (nSPS) is 10.8. The highest BCUT2D eigenvalue weighted by Crippen LogP contribution is 2.36. The van der Waals surface area contributed by atoms with E-state index in [0.29, 0.717) is 0 Å². The van der Waals surface area contributed by atoms with Crippen molar-refractivity contribution in [1.82, 2.24) is 0 Å². The standard InChI is InChI=1S/C8H3F4NO/c9-5-1-2-7(14-4-13)6(3-5)8(10,11)12/h1-3H. The molecule has 0 saturated carbocycles. The first-order chi connectivity index (χ1) is 6.45. The third-order valence-electron chi connectivity index (χ3n) is 1.40. The summed E-state index contributed by atoms with van der Waals surface area (Å²) >= 11 is 0. The molecule has 0 saturated heterocycles. The van der Waals surface area contributed by atoms with Gasteiger partial charge in [0.05, 0.1) is 0 Å². The second-order valence-electron chi connectivity index (χ2n) is 2.33. The van der Waals surface area contributed by atoms with Gasteiger partial charge in [0.1, 0.15) is 11.4 Å². The van der Waals surface area contributed by atoms with Crippen LogP contribution in [0.1, 0.15) is 5.56 Å². The minimum absolute atomic E-state index is 0.271. The van der Waals surface area contributed by atoms with Crippen LogP contribution >= 0.6 is 0 Å². The van der Waals surface area contributed by atoms with Gasteiger partial charge >= 0.3 is 6.18 Å². The van der Waals surface area contributed by atoms with Crippen LogP contribution in [0.5, 0.6) is 5.75 Å². The first kappa shape index (κ1) is 10.3. The Balaban J connectivity index is 3.24. The Morgan fingerprint density at radius 2 is 1.93 bits per heavy atom. The highest BCUT2D eigenvalue weighted by atomic mass is 19.4. The molecule has 0 aromatic heterocycles. The summed E-state index contributed by atoms with van der Waals surface area (Å²) in [4.78, 5) is 0. The molecule has 0 radical (unpaired) electrons. The van der Waals surface area contributed by atoms with Gasteiger partial charge in [-0.25, -0.2) is 4.39 Å². The quantitative estimate of drug-likeness (QED) is 0.521. The molecule has 1 aromatic rings. The molecule has 0 amide bonds. The molecule has 1 rings (SSSR count). The van der Waals surface area contributed by atoms with Gasteiger partial charge in [-0.15, -0.1) is 5.26 Å². The van der Waals surface area contributed by atoms with Gasteiger partial charge in [0, 0.05) is 0 Å². The van der Waals surface area contributed by atoms with E-state index in [1.807, 2.05) is 0 Å². The van der Waals surface area contributed by atoms with Gasteiger partial charge < -0.3 is 4.74 Å². The fourth-order valence-corrected chi connectivity index (χ4v) is 0.862. The Morgan fingerprint density at radius 3 is 2.43 bits per heavy atom. The van der Waals surface area contributed by atoms with E-state index in [2.05, 4.69) is 4.74 Å². The predicted octanol–water partition coefficient (Wildman–Crippen LogP) is 2.70. The van der Waals surface area contributed by atoms with Crippen LogP contribution in [-0.4, -0.2) is 0 Å². The van der Waals surface area contributed by atoms with Crippen molar-refractivity contribution in [3.05, 3.63) is 29.6 Å². The van der Waals surface area contributed by atoms with Gasteiger partial charge in [0.15, 0.2) is 5.75 Å². The zero-order valence-electron chi connectivity index (χ0n) is 6.60. The van der Waals surface area contributed by atoms with Crippen LogP contribution in [0.3, 0.4) is 0 Å². The molecule has 0 aliphatic carbocycles. The number of alkyl halides is 3. The predicted molar refractivity (Wildman–Crippen MR) is 37.6 cm³/mol. The first-order valence-corrected chi connectivity index (χ1v) is 3.38. The minimum atomic E-state index is -4.74. The fourth-order valence-electron chi connectivity index (χ4n) is 0.862. The van der Waals surface area contributed by atoms with E-state index in [1.54, 1.807) is 0 Å². The second-order valence-corrected chi connectivity index (χ2v) is 2.33. The molecular formula is C8H3F4NO. The summed E-state index contributed by atoms with van der Waals surface area (Å²) in [5, 5.41) is 8.05. The van der Waals surface area contributed by atoms with E-state index in [1.165, 1.54) is 0 Å². The van der Waals surface area contributed by atoms with Crippen LogP contribution in [0.4, 0.5) is 17.6 Å². The zero-order chi connectivity index (χ0) is 10.8. The summed E-state index contributed by atoms with van der Waals surface area (Å²) in [6.45, 7) is 0. The molecule has 0 aliphatic rings. The highest BCUT2D eigenvalue weighted by molar-refractivity contribution is 5.36. The van der Waals surface area contributed by atoms with E-state index in [9.17, 15) is 17.6 Å². The van der Waals surface area contributed by atoms with Gasteiger partial charge in [-0.3, -0.25) is 0 Å². The lowest BCUT2D eigenvalue weighted by Crippen LogP contribution is -2.07. The lowest BCUT2D eigenvalue weighted by atomic mass is 10.2. The van der Waals surface area contributed by atoms with E-state index in [-0.39, 0.29) is 6.07 Å². The molecule has 0 aliphatic heterocycles. The highest BCUT2D eigenvalue weighted by Gasteiger charge is 2.35. The van der Waals surface area contributed by atoms with Crippen molar-refractivity contribution < 1.29 is 22.3 Å². The summed E-state index contributed by atoms with van der Waals surface area (Å²) in [6, 6.07) is 1.80. The van der Waals surface area contributed by atoms with E-state index in [4.69, 9.17) is 5.26 Å². The minimum Gasteiger partial charge on any atom is -0.387 e. The average molecular weight is 205 g/mol. The Morgan fingerprint density at radius 1 is 1.29 bits per heavy atom. The van der Waals surface area contributed by atoms with E-state index >= 15 is 0 Å². The lowest BCUT2D eigenvalue weighted by Gasteiger charge is -2.09. The number of ether oxygens (including phenoxy) is 1. The van der Waals surface area contributed by atoms with Crippen molar-refractivity contribution in [2.24, 2.45) is 0 Å². The number of hydrogen-bond donors (Lipinski definition) is 0. The van der Waals surface area contributed by atoms with Gasteiger partial charge in [-0.2, -0.15) is 13.2 Å². The number of halogens is 4. The Hall–Kier alpha value is -1.77. The zero-order valence-corrected chi connectivity index (χ0v) is 6.60. The van der Waals surface area contributed by atoms with Gasteiger partial charge in [-0.05, 0) is 18.2 Å². The van der Waals surface area contributed by atoms with Gasteiger partial charge in [-0.1, -0.05) is 0 Å². The largest absolute Gasteiger partial charge is 0.420 e. The maximum Gasteiger partial charge on any atom is 0.420 e. The molecule has 0 bridgehead atoms. The molecule has 0 fully saturated rings. The van der Waals surface area contributed by atoms with Crippen LogP contribution in [0.25, 0.3) is 0 Å². The number of benzene rings is 1. The fraction of sp³-hybridized carbons (Fsp3) is 0.125. The Labute approximate surface area is 76.3 Å². The third-order valence-corrected chi connectivity index (χ3v) is 1.40. The Bertz CT molecular complexity index is 380. The molecule has 6 heteroatoms. The van der Waals surface area contributed by atoms with Crippen LogP contribution in [0, 0.1) is 17.3 Å². The van der Waals surface area contributed by atoms with Gasteiger partial charge in [0.2, 0.25) is 0 Å². The summed E-state index contributed by atoms with van der Waals surface area (Å²) < 4.78 is 53.1. The lowest BCUT2D eigenvalue weighted by molar-refractivity contribution is -0.138. The first-order valence-electron chi connectivity index (χ1n) is 3.38. The average Bonchev–Trinajstić information content (AvgIpc) is 2.07. The van der Waals surface area contributed by atoms with Crippen molar-refractivity contribution in [2.75, 3.05) is 0 Å². The number of nitriles is 1. The van der Waals surface area contributed by atoms with Crippen LogP contribution in [0.15, 0.2) is 18.2 Å². The number of nitrogens with zero attached hydrogens (tertiary/aromatic N) is 1. The molecular weight excluding hydrogens is 202 g/mol. The SMILES string of the molecule is N#COc1ccc(F)cc1C(F)(F)F. The van der Waals surface area contributed by atoms with Crippen molar-refractivity contribution in [2.45, 2.75) is 6.18 Å². The van der Waals surface area contributed by atoms with Crippen molar-refractivity contribution in [3.63, 3.8) is 0 Å².